The Bertz CT molecular complexity index is 440. The third-order valence-electron chi connectivity index (χ3n) is 1.94. The lowest BCUT2D eigenvalue weighted by Crippen LogP contribution is -1.99. The topological polar surface area (TPSA) is 38.9 Å². The van der Waals surface area contributed by atoms with E-state index in [-0.39, 0.29) is 0 Å². The third-order valence-corrected chi connectivity index (χ3v) is 2.24. The first kappa shape index (κ1) is 8.48. The van der Waals surface area contributed by atoms with Crippen molar-refractivity contribution in [2.45, 2.75) is 6.54 Å². The summed E-state index contributed by atoms with van der Waals surface area (Å²) in [6.07, 6.45) is 0. The van der Waals surface area contributed by atoms with E-state index in [2.05, 4.69) is 4.98 Å². The zero-order valence-corrected chi connectivity index (χ0v) is 7.75. The quantitative estimate of drug-likeness (QED) is 0.754. The molecule has 66 valence electrons. The molecular formula is C10H9ClN2. The molecule has 1 heterocycles. The Balaban J connectivity index is 2.74. The lowest BCUT2D eigenvalue weighted by atomic mass is 10.2. The molecule has 2 nitrogen and oxygen atoms in total. The maximum absolute atomic E-state index is 5.98. The minimum atomic E-state index is 0.446. The molecule has 1 aromatic heterocycles. The molecule has 1 aromatic carbocycles. The van der Waals surface area contributed by atoms with Crippen LogP contribution in [-0.2, 0) is 6.54 Å². The second-order valence-electron chi connectivity index (χ2n) is 2.82. The van der Waals surface area contributed by atoms with Gasteiger partial charge in [-0.25, -0.2) is 4.98 Å². The van der Waals surface area contributed by atoms with Crippen LogP contribution in [0.1, 0.15) is 5.69 Å². The fourth-order valence-electron chi connectivity index (χ4n) is 1.26. The third kappa shape index (κ3) is 1.50. The van der Waals surface area contributed by atoms with E-state index in [0.29, 0.717) is 11.6 Å². The van der Waals surface area contributed by atoms with Gasteiger partial charge in [0.25, 0.3) is 0 Å². The van der Waals surface area contributed by atoms with Gasteiger partial charge in [-0.1, -0.05) is 29.8 Å². The molecule has 2 rings (SSSR count). The second kappa shape index (κ2) is 3.32. The standard InChI is InChI=1S/C10H9ClN2/c11-9-3-1-2-7-4-5-8(6-12)13-10(7)9/h1-5H,6,12H2. The first-order valence-corrected chi connectivity index (χ1v) is 4.43. The van der Waals surface area contributed by atoms with Gasteiger partial charge >= 0.3 is 0 Å². The zero-order chi connectivity index (χ0) is 9.26. The molecule has 0 saturated heterocycles. The van der Waals surface area contributed by atoms with Crippen LogP contribution in [0.5, 0.6) is 0 Å². The van der Waals surface area contributed by atoms with Crippen molar-refractivity contribution >= 4 is 22.5 Å². The van der Waals surface area contributed by atoms with E-state index in [0.717, 1.165) is 16.6 Å². The minimum Gasteiger partial charge on any atom is -0.325 e. The van der Waals surface area contributed by atoms with Crippen molar-refractivity contribution in [3.05, 3.63) is 41.0 Å². The molecule has 0 amide bonds. The maximum Gasteiger partial charge on any atom is 0.0891 e. The van der Waals surface area contributed by atoms with Crippen LogP contribution in [0.15, 0.2) is 30.3 Å². The molecule has 0 fully saturated rings. The number of para-hydroxylation sites is 1. The first-order valence-electron chi connectivity index (χ1n) is 4.05. The molecule has 0 saturated carbocycles. The van der Waals surface area contributed by atoms with E-state index < -0.39 is 0 Å². The van der Waals surface area contributed by atoms with Crippen LogP contribution in [0.3, 0.4) is 0 Å². The monoisotopic (exact) mass is 192 g/mol. The lowest BCUT2D eigenvalue weighted by Gasteiger charge is -2.01. The number of hydrogen-bond donors (Lipinski definition) is 1. The molecule has 2 aromatic rings. The van der Waals surface area contributed by atoms with E-state index in [1.807, 2.05) is 30.3 Å². The molecule has 2 N–H and O–H groups in total. The van der Waals surface area contributed by atoms with Gasteiger partial charge in [0.1, 0.15) is 0 Å². The van der Waals surface area contributed by atoms with Crippen molar-refractivity contribution in [1.82, 2.24) is 4.98 Å². The Morgan fingerprint density at radius 3 is 2.85 bits per heavy atom. The molecule has 0 bridgehead atoms. The van der Waals surface area contributed by atoms with Crippen LogP contribution in [0.25, 0.3) is 10.9 Å². The number of halogens is 1. The van der Waals surface area contributed by atoms with Gasteiger partial charge in [-0.3, -0.25) is 0 Å². The van der Waals surface area contributed by atoms with Gasteiger partial charge in [-0.15, -0.1) is 0 Å². The van der Waals surface area contributed by atoms with Crippen molar-refractivity contribution in [2.24, 2.45) is 5.73 Å². The Morgan fingerprint density at radius 1 is 1.23 bits per heavy atom. The van der Waals surface area contributed by atoms with Crippen molar-refractivity contribution in [1.29, 1.82) is 0 Å². The lowest BCUT2D eigenvalue weighted by molar-refractivity contribution is 1.01. The van der Waals surface area contributed by atoms with Crippen molar-refractivity contribution in [3.8, 4) is 0 Å². The predicted molar refractivity (Wildman–Crippen MR) is 54.6 cm³/mol. The van der Waals surface area contributed by atoms with Crippen LogP contribution in [0, 0.1) is 0 Å². The molecule has 0 unspecified atom stereocenters. The van der Waals surface area contributed by atoms with Gasteiger partial charge in [0.2, 0.25) is 0 Å². The van der Waals surface area contributed by atoms with Crippen LogP contribution >= 0.6 is 11.6 Å². The average molecular weight is 193 g/mol. The number of aromatic nitrogens is 1. The Kier molecular flexibility index (Phi) is 2.17. The summed E-state index contributed by atoms with van der Waals surface area (Å²) < 4.78 is 0. The van der Waals surface area contributed by atoms with Crippen molar-refractivity contribution < 1.29 is 0 Å². The molecule has 0 radical (unpaired) electrons. The van der Waals surface area contributed by atoms with Crippen LogP contribution in [0.2, 0.25) is 5.02 Å². The SMILES string of the molecule is NCc1ccc2cccc(Cl)c2n1. The van der Waals surface area contributed by atoms with Gasteiger partial charge < -0.3 is 5.73 Å². The number of benzene rings is 1. The van der Waals surface area contributed by atoms with Gasteiger partial charge in [-0.05, 0) is 12.1 Å². The average Bonchev–Trinajstić information content (AvgIpc) is 2.18. The van der Waals surface area contributed by atoms with Gasteiger partial charge in [0, 0.05) is 11.9 Å². The minimum absolute atomic E-state index is 0.446. The summed E-state index contributed by atoms with van der Waals surface area (Å²) >= 11 is 5.98. The van der Waals surface area contributed by atoms with Crippen molar-refractivity contribution in [3.63, 3.8) is 0 Å². The highest BCUT2D eigenvalue weighted by atomic mass is 35.5. The number of hydrogen-bond acceptors (Lipinski definition) is 2. The number of fused-ring (bicyclic) bond motifs is 1. The van der Waals surface area contributed by atoms with Crippen LogP contribution < -0.4 is 5.73 Å². The molecule has 3 heteroatoms. The molecule has 0 aliphatic rings. The summed E-state index contributed by atoms with van der Waals surface area (Å²) in [7, 11) is 0. The van der Waals surface area contributed by atoms with Gasteiger partial charge in [-0.2, -0.15) is 0 Å². The van der Waals surface area contributed by atoms with E-state index in [4.69, 9.17) is 17.3 Å². The Labute approximate surface area is 81.3 Å². The Hall–Kier alpha value is -1.12. The molecule has 13 heavy (non-hydrogen) atoms. The summed E-state index contributed by atoms with van der Waals surface area (Å²) in [5.41, 5.74) is 7.17. The molecular weight excluding hydrogens is 184 g/mol. The molecule has 0 atom stereocenters. The Morgan fingerprint density at radius 2 is 2.08 bits per heavy atom. The number of nitrogens with two attached hydrogens (primary N) is 1. The number of nitrogens with zero attached hydrogens (tertiary/aromatic N) is 1. The largest absolute Gasteiger partial charge is 0.325 e. The summed E-state index contributed by atoms with van der Waals surface area (Å²) in [6.45, 7) is 0.446. The highest BCUT2D eigenvalue weighted by Gasteiger charge is 2.00. The molecule has 0 spiro atoms. The summed E-state index contributed by atoms with van der Waals surface area (Å²) in [5, 5.41) is 1.72. The first-order chi connectivity index (χ1) is 6.31. The summed E-state index contributed by atoms with van der Waals surface area (Å²) in [4.78, 5) is 4.34. The van der Waals surface area contributed by atoms with E-state index in [1.165, 1.54) is 0 Å². The molecule has 0 aliphatic carbocycles. The highest BCUT2D eigenvalue weighted by Crippen LogP contribution is 2.21. The number of pyridine rings is 1. The number of rotatable bonds is 1. The van der Waals surface area contributed by atoms with E-state index >= 15 is 0 Å². The van der Waals surface area contributed by atoms with Gasteiger partial charge in [0.05, 0.1) is 16.2 Å². The summed E-state index contributed by atoms with van der Waals surface area (Å²) in [6, 6.07) is 9.62. The van der Waals surface area contributed by atoms with E-state index in [9.17, 15) is 0 Å². The van der Waals surface area contributed by atoms with Crippen molar-refractivity contribution in [2.75, 3.05) is 0 Å². The summed E-state index contributed by atoms with van der Waals surface area (Å²) in [5.74, 6) is 0. The van der Waals surface area contributed by atoms with Gasteiger partial charge in [0.15, 0.2) is 0 Å². The second-order valence-corrected chi connectivity index (χ2v) is 3.23. The fraction of sp³-hybridized carbons (Fsp3) is 0.100. The fourth-order valence-corrected chi connectivity index (χ4v) is 1.49. The predicted octanol–water partition coefficient (Wildman–Crippen LogP) is 2.35. The normalized spacial score (nSPS) is 10.6. The molecule has 0 aliphatic heterocycles. The smallest absolute Gasteiger partial charge is 0.0891 e. The van der Waals surface area contributed by atoms with E-state index in [1.54, 1.807) is 0 Å². The van der Waals surface area contributed by atoms with Crippen LogP contribution in [-0.4, -0.2) is 4.98 Å². The zero-order valence-electron chi connectivity index (χ0n) is 7.00. The van der Waals surface area contributed by atoms with Crippen LogP contribution in [0.4, 0.5) is 0 Å². The highest BCUT2D eigenvalue weighted by molar-refractivity contribution is 6.35. The maximum atomic E-state index is 5.98.